The zero-order valence-corrected chi connectivity index (χ0v) is 19.0. The number of methoxy groups -OCH3 is 1. The molecule has 2 N–H and O–H groups in total. The molecular weight excluding hydrogens is 404 g/mol. The Balaban J connectivity index is 1.78. The topological polar surface area (TPSA) is 95.9 Å². The van der Waals surface area contributed by atoms with E-state index in [0.29, 0.717) is 31.6 Å². The van der Waals surface area contributed by atoms with E-state index in [1.54, 1.807) is 12.1 Å². The molecule has 168 valence electrons. The van der Waals surface area contributed by atoms with Crippen LogP contribution in [0.4, 0.5) is 0 Å². The van der Waals surface area contributed by atoms with E-state index >= 15 is 0 Å². The van der Waals surface area contributed by atoms with Crippen LogP contribution in [-0.2, 0) is 10.0 Å². The molecule has 1 saturated carbocycles. The standard InChI is InChI=1S/C22H34N2O5S/c1-15-9-16(2)14-24(13-15)30(27,28)21-11-18(7-8-20(21)29-3)22(26)23-12-17-5-4-6-19(25)10-17/h7-8,11,15-17,19,25H,4-6,9-10,12-14H2,1-3H3,(H,23,26). The van der Waals surface area contributed by atoms with Gasteiger partial charge in [0.1, 0.15) is 10.6 Å². The normalized spacial score (nSPS) is 28.1. The van der Waals surface area contributed by atoms with Crippen molar-refractivity contribution in [2.75, 3.05) is 26.7 Å². The van der Waals surface area contributed by atoms with Gasteiger partial charge >= 0.3 is 0 Å². The molecule has 1 aromatic carbocycles. The molecule has 1 amide bonds. The number of aliphatic hydroxyl groups is 1. The van der Waals surface area contributed by atoms with Crippen molar-refractivity contribution in [3.63, 3.8) is 0 Å². The fraction of sp³-hybridized carbons (Fsp3) is 0.682. The highest BCUT2D eigenvalue weighted by Gasteiger charge is 2.34. The number of piperidine rings is 1. The molecule has 2 aliphatic rings. The quantitative estimate of drug-likeness (QED) is 0.712. The SMILES string of the molecule is COc1ccc(C(=O)NCC2CCCC(O)C2)cc1S(=O)(=O)N1CC(C)CC(C)C1. The monoisotopic (exact) mass is 438 g/mol. The first-order valence-corrected chi connectivity index (χ1v) is 12.3. The number of aliphatic hydroxyl groups excluding tert-OH is 1. The largest absolute Gasteiger partial charge is 0.495 e. The van der Waals surface area contributed by atoms with Gasteiger partial charge in [-0.3, -0.25) is 4.79 Å². The fourth-order valence-electron chi connectivity index (χ4n) is 4.75. The number of nitrogens with zero attached hydrogens (tertiary/aromatic N) is 1. The molecular formula is C22H34N2O5S. The first-order chi connectivity index (χ1) is 14.2. The van der Waals surface area contributed by atoms with E-state index in [9.17, 15) is 18.3 Å². The number of ether oxygens (including phenoxy) is 1. The van der Waals surface area contributed by atoms with Gasteiger partial charge in [0, 0.05) is 25.2 Å². The van der Waals surface area contributed by atoms with Crippen molar-refractivity contribution in [3.8, 4) is 5.75 Å². The zero-order valence-electron chi connectivity index (χ0n) is 18.1. The number of carbonyl (C=O) groups is 1. The number of nitrogens with one attached hydrogen (secondary N) is 1. The molecule has 1 aliphatic heterocycles. The number of sulfonamides is 1. The van der Waals surface area contributed by atoms with Crippen LogP contribution in [0.25, 0.3) is 0 Å². The third-order valence-electron chi connectivity index (χ3n) is 6.19. The average molecular weight is 439 g/mol. The first kappa shape index (κ1) is 23.0. The number of rotatable bonds is 6. The summed E-state index contributed by atoms with van der Waals surface area (Å²) in [5, 5.41) is 12.7. The second kappa shape index (κ2) is 9.66. The Bertz CT molecular complexity index is 847. The summed E-state index contributed by atoms with van der Waals surface area (Å²) in [6.45, 7) is 5.53. The van der Waals surface area contributed by atoms with Crippen LogP contribution in [0, 0.1) is 17.8 Å². The van der Waals surface area contributed by atoms with Gasteiger partial charge in [-0.05, 0) is 61.6 Å². The minimum Gasteiger partial charge on any atom is -0.495 e. The predicted octanol–water partition coefficient (Wildman–Crippen LogP) is 2.64. The Labute approximate surface area is 179 Å². The van der Waals surface area contributed by atoms with Gasteiger partial charge in [0.2, 0.25) is 10.0 Å². The van der Waals surface area contributed by atoms with Crippen LogP contribution in [0.3, 0.4) is 0 Å². The lowest BCUT2D eigenvalue weighted by Crippen LogP contribution is -2.42. The average Bonchev–Trinajstić information content (AvgIpc) is 2.71. The lowest BCUT2D eigenvalue weighted by molar-refractivity contribution is 0.0873. The lowest BCUT2D eigenvalue weighted by Gasteiger charge is -2.34. The Morgan fingerprint density at radius 1 is 1.20 bits per heavy atom. The summed E-state index contributed by atoms with van der Waals surface area (Å²) in [7, 11) is -2.34. The van der Waals surface area contributed by atoms with Crippen molar-refractivity contribution in [1.82, 2.24) is 9.62 Å². The number of carbonyl (C=O) groups excluding carboxylic acids is 1. The molecule has 8 heteroatoms. The van der Waals surface area contributed by atoms with E-state index in [1.165, 1.54) is 17.5 Å². The van der Waals surface area contributed by atoms with Crippen molar-refractivity contribution in [2.24, 2.45) is 17.8 Å². The Morgan fingerprint density at radius 3 is 2.53 bits per heavy atom. The number of hydrogen-bond donors (Lipinski definition) is 2. The second-order valence-electron chi connectivity index (χ2n) is 9.03. The molecule has 0 bridgehead atoms. The molecule has 2 fully saturated rings. The molecule has 3 rings (SSSR count). The molecule has 30 heavy (non-hydrogen) atoms. The van der Waals surface area contributed by atoms with Gasteiger partial charge < -0.3 is 15.2 Å². The minimum absolute atomic E-state index is 0.0343. The highest BCUT2D eigenvalue weighted by Crippen LogP contribution is 2.32. The Morgan fingerprint density at radius 2 is 1.90 bits per heavy atom. The zero-order chi connectivity index (χ0) is 21.9. The van der Waals surface area contributed by atoms with E-state index in [1.807, 2.05) is 0 Å². The highest BCUT2D eigenvalue weighted by atomic mass is 32.2. The molecule has 7 nitrogen and oxygen atoms in total. The molecule has 0 radical (unpaired) electrons. The third-order valence-corrected chi connectivity index (χ3v) is 8.04. The molecule has 0 spiro atoms. The summed E-state index contributed by atoms with van der Waals surface area (Å²) in [5.41, 5.74) is 0.295. The Hall–Kier alpha value is -1.64. The van der Waals surface area contributed by atoms with E-state index in [0.717, 1.165) is 25.7 Å². The number of benzene rings is 1. The summed E-state index contributed by atoms with van der Waals surface area (Å²) in [4.78, 5) is 12.7. The van der Waals surface area contributed by atoms with Crippen molar-refractivity contribution in [3.05, 3.63) is 23.8 Å². The predicted molar refractivity (Wildman–Crippen MR) is 115 cm³/mol. The van der Waals surface area contributed by atoms with E-state index < -0.39 is 10.0 Å². The second-order valence-corrected chi connectivity index (χ2v) is 10.9. The lowest BCUT2D eigenvalue weighted by atomic mass is 9.87. The van der Waals surface area contributed by atoms with Gasteiger partial charge in [-0.1, -0.05) is 20.3 Å². The third kappa shape index (κ3) is 5.34. The van der Waals surface area contributed by atoms with Crippen molar-refractivity contribution < 1.29 is 23.1 Å². The van der Waals surface area contributed by atoms with E-state index in [4.69, 9.17) is 4.74 Å². The maximum absolute atomic E-state index is 13.4. The maximum atomic E-state index is 13.4. The molecule has 1 saturated heterocycles. The molecule has 1 aliphatic carbocycles. The van der Waals surface area contributed by atoms with Crippen LogP contribution in [0.15, 0.2) is 23.1 Å². The van der Waals surface area contributed by atoms with Crippen LogP contribution in [-0.4, -0.2) is 56.6 Å². The molecule has 4 atom stereocenters. The number of hydrogen-bond acceptors (Lipinski definition) is 5. The van der Waals surface area contributed by atoms with Crippen molar-refractivity contribution >= 4 is 15.9 Å². The molecule has 4 unspecified atom stereocenters. The Kier molecular flexibility index (Phi) is 7.42. The van der Waals surface area contributed by atoms with Crippen LogP contribution < -0.4 is 10.1 Å². The highest BCUT2D eigenvalue weighted by molar-refractivity contribution is 7.89. The summed E-state index contributed by atoms with van der Waals surface area (Å²) in [5.74, 6) is 0.747. The van der Waals surface area contributed by atoms with Gasteiger partial charge in [-0.25, -0.2) is 8.42 Å². The molecule has 1 aromatic rings. The van der Waals surface area contributed by atoms with Crippen LogP contribution in [0.1, 0.15) is 56.3 Å². The van der Waals surface area contributed by atoms with Crippen molar-refractivity contribution in [2.45, 2.75) is 57.0 Å². The molecule has 1 heterocycles. The smallest absolute Gasteiger partial charge is 0.251 e. The number of amides is 1. The summed E-state index contributed by atoms with van der Waals surface area (Å²) in [6, 6.07) is 4.55. The maximum Gasteiger partial charge on any atom is 0.251 e. The van der Waals surface area contributed by atoms with Gasteiger partial charge in [-0.2, -0.15) is 4.31 Å². The summed E-state index contributed by atoms with van der Waals surface area (Å²) in [6.07, 6.45) is 4.14. The van der Waals surface area contributed by atoms with Crippen LogP contribution in [0.2, 0.25) is 0 Å². The van der Waals surface area contributed by atoms with Crippen molar-refractivity contribution in [1.29, 1.82) is 0 Å². The first-order valence-electron chi connectivity index (χ1n) is 10.8. The van der Waals surface area contributed by atoms with Crippen LogP contribution in [0.5, 0.6) is 5.75 Å². The van der Waals surface area contributed by atoms with Crippen LogP contribution >= 0.6 is 0 Å². The van der Waals surface area contributed by atoms with E-state index in [2.05, 4.69) is 19.2 Å². The summed E-state index contributed by atoms with van der Waals surface area (Å²) >= 11 is 0. The van der Waals surface area contributed by atoms with Gasteiger partial charge in [0.15, 0.2) is 0 Å². The molecule has 0 aromatic heterocycles. The summed E-state index contributed by atoms with van der Waals surface area (Å²) < 4.78 is 33.5. The van der Waals surface area contributed by atoms with E-state index in [-0.39, 0.29) is 40.4 Å². The van der Waals surface area contributed by atoms with Gasteiger partial charge in [0.05, 0.1) is 13.2 Å². The van der Waals surface area contributed by atoms with Gasteiger partial charge in [-0.15, -0.1) is 0 Å². The fourth-order valence-corrected chi connectivity index (χ4v) is 6.61. The van der Waals surface area contributed by atoms with Gasteiger partial charge in [0.25, 0.3) is 5.91 Å². The minimum atomic E-state index is -3.77.